The van der Waals surface area contributed by atoms with E-state index in [-0.39, 0.29) is 0 Å². The monoisotopic (exact) mass is 262 g/mol. The smallest absolute Gasteiger partial charge is 0.161 e. The van der Waals surface area contributed by atoms with Crippen LogP contribution in [0.4, 0.5) is 0 Å². The minimum atomic E-state index is 0.460. The van der Waals surface area contributed by atoms with E-state index < -0.39 is 0 Å². The van der Waals surface area contributed by atoms with Gasteiger partial charge in [0.05, 0.1) is 13.2 Å². The van der Waals surface area contributed by atoms with Gasteiger partial charge in [-0.2, -0.15) is 0 Å². The summed E-state index contributed by atoms with van der Waals surface area (Å²) in [5.74, 6) is 2.18. The van der Waals surface area contributed by atoms with Crippen molar-refractivity contribution >= 4 is 0 Å². The molecule has 2 nitrogen and oxygen atoms in total. The van der Waals surface area contributed by atoms with E-state index in [1.54, 1.807) is 0 Å². The minimum Gasteiger partial charge on any atom is -0.490 e. The van der Waals surface area contributed by atoms with E-state index in [9.17, 15) is 0 Å². The van der Waals surface area contributed by atoms with Crippen molar-refractivity contribution in [2.45, 2.75) is 46.0 Å². The first-order valence-corrected chi connectivity index (χ1v) is 7.23. The predicted octanol–water partition coefficient (Wildman–Crippen LogP) is 4.94. The van der Waals surface area contributed by atoms with Gasteiger partial charge in [-0.25, -0.2) is 0 Å². The van der Waals surface area contributed by atoms with Crippen molar-refractivity contribution in [1.29, 1.82) is 0 Å². The molecule has 0 aromatic heterocycles. The number of benzene rings is 1. The van der Waals surface area contributed by atoms with Crippen molar-refractivity contribution in [1.82, 2.24) is 0 Å². The van der Waals surface area contributed by atoms with Crippen LogP contribution in [0.1, 0.15) is 51.5 Å². The molecule has 1 rings (SSSR count). The second-order valence-electron chi connectivity index (χ2n) is 4.83. The molecule has 0 N–H and O–H groups in total. The summed E-state index contributed by atoms with van der Waals surface area (Å²) in [5, 5.41) is 0. The second kappa shape index (κ2) is 8.63. The molecule has 0 saturated carbocycles. The Kier molecular flexibility index (Phi) is 7.09. The SMILES string of the molecule is C=CCC(C)c1ccc(OCCC)c(OCCC)c1. The van der Waals surface area contributed by atoms with Crippen LogP contribution >= 0.6 is 0 Å². The van der Waals surface area contributed by atoms with Crippen LogP contribution in [0.25, 0.3) is 0 Å². The zero-order valence-corrected chi connectivity index (χ0v) is 12.4. The molecule has 1 aromatic rings. The van der Waals surface area contributed by atoms with Crippen molar-refractivity contribution in [3.05, 3.63) is 36.4 Å². The van der Waals surface area contributed by atoms with Crippen LogP contribution in [0, 0.1) is 0 Å². The molecule has 2 heteroatoms. The highest BCUT2D eigenvalue weighted by Gasteiger charge is 2.10. The van der Waals surface area contributed by atoms with Crippen molar-refractivity contribution in [2.75, 3.05) is 13.2 Å². The van der Waals surface area contributed by atoms with Gasteiger partial charge in [-0.1, -0.05) is 32.9 Å². The molecule has 1 unspecified atom stereocenters. The lowest BCUT2D eigenvalue weighted by Crippen LogP contribution is -2.02. The van der Waals surface area contributed by atoms with Crippen molar-refractivity contribution in [3.63, 3.8) is 0 Å². The van der Waals surface area contributed by atoms with Gasteiger partial charge in [0.1, 0.15) is 0 Å². The molecule has 0 fully saturated rings. The van der Waals surface area contributed by atoms with E-state index in [2.05, 4.69) is 39.5 Å². The Labute approximate surface area is 117 Å². The highest BCUT2D eigenvalue weighted by Crippen LogP contribution is 2.32. The predicted molar refractivity (Wildman–Crippen MR) is 81.2 cm³/mol. The summed E-state index contributed by atoms with van der Waals surface area (Å²) in [6, 6.07) is 6.25. The molecule has 0 aliphatic rings. The highest BCUT2D eigenvalue weighted by atomic mass is 16.5. The lowest BCUT2D eigenvalue weighted by Gasteiger charge is -2.16. The maximum Gasteiger partial charge on any atom is 0.161 e. The van der Waals surface area contributed by atoms with Crippen molar-refractivity contribution in [2.24, 2.45) is 0 Å². The van der Waals surface area contributed by atoms with Gasteiger partial charge >= 0.3 is 0 Å². The molecular formula is C17H26O2. The average molecular weight is 262 g/mol. The summed E-state index contributed by atoms with van der Waals surface area (Å²) >= 11 is 0. The van der Waals surface area contributed by atoms with Crippen LogP contribution in [0.15, 0.2) is 30.9 Å². The van der Waals surface area contributed by atoms with Gasteiger partial charge < -0.3 is 9.47 Å². The summed E-state index contributed by atoms with van der Waals surface area (Å²) < 4.78 is 11.5. The largest absolute Gasteiger partial charge is 0.490 e. The topological polar surface area (TPSA) is 18.5 Å². The zero-order chi connectivity index (χ0) is 14.1. The summed E-state index contributed by atoms with van der Waals surface area (Å²) in [4.78, 5) is 0. The van der Waals surface area contributed by atoms with Gasteiger partial charge in [-0.15, -0.1) is 6.58 Å². The van der Waals surface area contributed by atoms with Crippen LogP contribution in [0.5, 0.6) is 11.5 Å². The molecule has 0 radical (unpaired) electrons. The molecule has 1 aromatic carbocycles. The first-order chi connectivity index (χ1) is 9.22. The summed E-state index contributed by atoms with van der Waals surface area (Å²) in [6.45, 7) is 11.7. The lowest BCUT2D eigenvalue weighted by atomic mass is 9.97. The van der Waals surface area contributed by atoms with Gasteiger partial charge in [0, 0.05) is 0 Å². The standard InChI is InChI=1S/C17H26O2/c1-5-8-14(4)15-9-10-16(18-11-6-2)17(13-15)19-12-7-3/h5,9-10,13-14H,1,6-8,11-12H2,2-4H3. The molecular weight excluding hydrogens is 236 g/mol. The third-order valence-electron chi connectivity index (χ3n) is 2.98. The Morgan fingerprint density at radius 2 is 1.74 bits per heavy atom. The molecule has 106 valence electrons. The maximum atomic E-state index is 5.80. The molecule has 0 aliphatic carbocycles. The molecule has 0 heterocycles. The Morgan fingerprint density at radius 1 is 1.11 bits per heavy atom. The molecule has 0 spiro atoms. The molecule has 0 saturated heterocycles. The molecule has 0 bridgehead atoms. The van der Waals surface area contributed by atoms with E-state index in [1.165, 1.54) is 5.56 Å². The maximum absolute atomic E-state index is 5.80. The van der Waals surface area contributed by atoms with E-state index in [0.29, 0.717) is 5.92 Å². The summed E-state index contributed by atoms with van der Waals surface area (Å²) in [6.07, 6.45) is 4.93. The fourth-order valence-corrected chi connectivity index (χ4v) is 1.87. The first-order valence-electron chi connectivity index (χ1n) is 7.23. The number of hydrogen-bond acceptors (Lipinski definition) is 2. The highest BCUT2D eigenvalue weighted by molar-refractivity contribution is 5.44. The van der Waals surface area contributed by atoms with E-state index >= 15 is 0 Å². The molecule has 0 aliphatic heterocycles. The molecule has 19 heavy (non-hydrogen) atoms. The van der Waals surface area contributed by atoms with Gasteiger partial charge in [0.15, 0.2) is 11.5 Å². The average Bonchev–Trinajstić information content (AvgIpc) is 2.43. The number of ether oxygens (including phenoxy) is 2. The molecule has 1 atom stereocenters. The van der Waals surface area contributed by atoms with Crippen LogP contribution in [0.3, 0.4) is 0 Å². The molecule has 0 amide bonds. The van der Waals surface area contributed by atoms with Crippen molar-refractivity contribution < 1.29 is 9.47 Å². The fourth-order valence-electron chi connectivity index (χ4n) is 1.87. The first kappa shape index (κ1) is 15.6. The van der Waals surface area contributed by atoms with Crippen LogP contribution in [0.2, 0.25) is 0 Å². The van der Waals surface area contributed by atoms with Crippen molar-refractivity contribution in [3.8, 4) is 11.5 Å². The second-order valence-corrected chi connectivity index (χ2v) is 4.83. The fraction of sp³-hybridized carbons (Fsp3) is 0.529. The van der Waals surface area contributed by atoms with Crippen LogP contribution in [-0.4, -0.2) is 13.2 Å². The van der Waals surface area contributed by atoms with E-state index in [0.717, 1.165) is 44.0 Å². The van der Waals surface area contributed by atoms with Crippen LogP contribution in [-0.2, 0) is 0 Å². The minimum absolute atomic E-state index is 0.460. The van der Waals surface area contributed by atoms with Gasteiger partial charge in [-0.3, -0.25) is 0 Å². The number of allylic oxidation sites excluding steroid dienone is 1. The van der Waals surface area contributed by atoms with E-state index in [1.807, 2.05) is 12.1 Å². The Hall–Kier alpha value is -1.44. The summed E-state index contributed by atoms with van der Waals surface area (Å²) in [7, 11) is 0. The number of rotatable bonds is 9. The van der Waals surface area contributed by atoms with E-state index in [4.69, 9.17) is 9.47 Å². The lowest BCUT2D eigenvalue weighted by molar-refractivity contribution is 0.268. The summed E-state index contributed by atoms with van der Waals surface area (Å²) in [5.41, 5.74) is 1.27. The Bertz CT molecular complexity index is 385. The quantitative estimate of drug-likeness (QED) is 0.587. The Balaban J connectivity index is 2.89. The van der Waals surface area contributed by atoms with Crippen LogP contribution < -0.4 is 9.47 Å². The number of hydrogen-bond donors (Lipinski definition) is 0. The normalized spacial score (nSPS) is 11.9. The zero-order valence-electron chi connectivity index (χ0n) is 12.4. The van der Waals surface area contributed by atoms with Gasteiger partial charge in [0.2, 0.25) is 0 Å². The third-order valence-corrected chi connectivity index (χ3v) is 2.98. The van der Waals surface area contributed by atoms with Gasteiger partial charge in [-0.05, 0) is 42.9 Å². The third kappa shape index (κ3) is 4.98. The van der Waals surface area contributed by atoms with Gasteiger partial charge in [0.25, 0.3) is 0 Å². The Morgan fingerprint density at radius 3 is 2.32 bits per heavy atom.